The highest BCUT2D eigenvalue weighted by atomic mass is 16.4. The number of aromatic nitrogens is 1. The number of hydrogen-bond donors (Lipinski definition) is 1. The molecule has 1 fully saturated rings. The van der Waals surface area contributed by atoms with Crippen molar-refractivity contribution in [1.82, 2.24) is 9.88 Å². The highest BCUT2D eigenvalue weighted by Crippen LogP contribution is 2.49. The Hall–Kier alpha value is -1.91. The van der Waals surface area contributed by atoms with Gasteiger partial charge in [-0.05, 0) is 36.3 Å². The normalized spacial score (nSPS) is 28.0. The first kappa shape index (κ1) is 15.0. The van der Waals surface area contributed by atoms with E-state index in [4.69, 9.17) is 0 Å². The number of piperidine rings is 1. The maximum atomic E-state index is 12.9. The number of amides is 1. The Balaban J connectivity index is 1.95. The van der Waals surface area contributed by atoms with Gasteiger partial charge in [-0.25, -0.2) is 4.79 Å². The molecule has 0 bridgehead atoms. The minimum absolute atomic E-state index is 0.148. The van der Waals surface area contributed by atoms with Gasteiger partial charge in [0.2, 0.25) is 0 Å². The Morgan fingerprint density at radius 2 is 2.18 bits per heavy atom. The topological polar surface area (TPSA) is 70.5 Å². The summed E-state index contributed by atoms with van der Waals surface area (Å²) < 4.78 is 0. The number of ketones is 1. The van der Waals surface area contributed by atoms with E-state index in [1.54, 1.807) is 18.5 Å². The van der Waals surface area contributed by atoms with Gasteiger partial charge in [-0.2, -0.15) is 0 Å². The highest BCUT2D eigenvalue weighted by molar-refractivity contribution is 6.05. The van der Waals surface area contributed by atoms with Gasteiger partial charge in [0.25, 0.3) is 0 Å². The fourth-order valence-electron chi connectivity index (χ4n) is 3.96. The Morgan fingerprint density at radius 1 is 1.45 bits per heavy atom. The number of carbonyl (C=O) groups is 2. The standard InChI is InChI=1S/C17H22N2O3/c1-16(2,3)13-9-17(5-7-19(13)15(21)22)8-11-10-18-6-4-12(11)14(17)20/h4,6,10,13H,5,7-9H2,1-3H3,(H,21,22). The number of Topliss-reactive ketones (excluding diaryl/α,β-unsaturated/α-hetero) is 1. The monoisotopic (exact) mass is 302 g/mol. The lowest BCUT2D eigenvalue weighted by Crippen LogP contribution is -2.56. The van der Waals surface area contributed by atoms with Crippen molar-refractivity contribution >= 4 is 11.9 Å². The summed E-state index contributed by atoms with van der Waals surface area (Å²) in [5, 5.41) is 9.47. The number of hydrogen-bond acceptors (Lipinski definition) is 3. The largest absolute Gasteiger partial charge is 0.465 e. The Labute approximate surface area is 130 Å². The molecule has 0 aromatic carbocycles. The van der Waals surface area contributed by atoms with E-state index < -0.39 is 11.5 Å². The van der Waals surface area contributed by atoms with Crippen LogP contribution in [0, 0.1) is 10.8 Å². The van der Waals surface area contributed by atoms with Crippen LogP contribution >= 0.6 is 0 Å². The summed E-state index contributed by atoms with van der Waals surface area (Å²) >= 11 is 0. The molecule has 1 aliphatic carbocycles. The highest BCUT2D eigenvalue weighted by Gasteiger charge is 2.52. The Kier molecular flexibility index (Phi) is 3.27. The predicted octanol–water partition coefficient (Wildman–Crippen LogP) is 3.00. The fraction of sp³-hybridized carbons (Fsp3) is 0.588. The van der Waals surface area contributed by atoms with Crippen molar-refractivity contribution in [1.29, 1.82) is 0 Å². The maximum absolute atomic E-state index is 12.9. The lowest BCUT2D eigenvalue weighted by molar-refractivity contribution is 0.0100. The molecule has 1 spiro atoms. The van der Waals surface area contributed by atoms with Gasteiger partial charge >= 0.3 is 6.09 Å². The van der Waals surface area contributed by atoms with E-state index in [1.165, 1.54) is 4.90 Å². The van der Waals surface area contributed by atoms with Crippen molar-refractivity contribution in [2.45, 2.75) is 46.1 Å². The van der Waals surface area contributed by atoms with E-state index in [9.17, 15) is 14.7 Å². The molecule has 1 amide bonds. The third-order valence-corrected chi connectivity index (χ3v) is 5.20. The van der Waals surface area contributed by atoms with E-state index in [-0.39, 0.29) is 17.2 Å². The first-order chi connectivity index (χ1) is 10.2. The lowest BCUT2D eigenvalue weighted by Gasteiger charge is -2.48. The van der Waals surface area contributed by atoms with Gasteiger partial charge < -0.3 is 10.0 Å². The van der Waals surface area contributed by atoms with Crippen LogP contribution in [-0.2, 0) is 6.42 Å². The first-order valence-electron chi connectivity index (χ1n) is 7.72. The van der Waals surface area contributed by atoms with Crippen LogP contribution in [-0.4, -0.2) is 39.5 Å². The molecule has 1 N–H and O–H groups in total. The molecule has 5 heteroatoms. The number of carboxylic acid groups (broad SMARTS) is 1. The van der Waals surface area contributed by atoms with Crippen LogP contribution in [0.25, 0.3) is 0 Å². The lowest BCUT2D eigenvalue weighted by atomic mass is 9.67. The summed E-state index contributed by atoms with van der Waals surface area (Å²) in [5.41, 5.74) is 1.13. The molecular weight excluding hydrogens is 280 g/mol. The van der Waals surface area contributed by atoms with Crippen molar-refractivity contribution in [3.63, 3.8) is 0 Å². The molecule has 2 unspecified atom stereocenters. The second-order valence-corrected chi connectivity index (χ2v) is 7.63. The average molecular weight is 302 g/mol. The summed E-state index contributed by atoms with van der Waals surface area (Å²) in [6.45, 7) is 6.55. The summed E-state index contributed by atoms with van der Waals surface area (Å²) in [4.78, 5) is 30.1. The number of likely N-dealkylation sites (tertiary alicyclic amines) is 1. The van der Waals surface area contributed by atoms with Gasteiger partial charge in [-0.15, -0.1) is 0 Å². The van der Waals surface area contributed by atoms with Crippen LogP contribution in [0.15, 0.2) is 18.5 Å². The van der Waals surface area contributed by atoms with Gasteiger partial charge in [0.15, 0.2) is 5.78 Å². The molecule has 0 radical (unpaired) electrons. The first-order valence-corrected chi connectivity index (χ1v) is 7.72. The van der Waals surface area contributed by atoms with Crippen molar-refractivity contribution in [2.75, 3.05) is 6.54 Å². The Morgan fingerprint density at radius 3 is 2.77 bits per heavy atom. The Bertz CT molecular complexity index is 635. The van der Waals surface area contributed by atoms with Gasteiger partial charge in [-0.3, -0.25) is 9.78 Å². The minimum Gasteiger partial charge on any atom is -0.465 e. The number of nitrogens with zero attached hydrogens (tertiary/aromatic N) is 2. The summed E-state index contributed by atoms with van der Waals surface area (Å²) in [6.07, 6.45) is 4.42. The molecule has 1 aliphatic heterocycles. The van der Waals surface area contributed by atoms with Crippen molar-refractivity contribution in [3.05, 3.63) is 29.6 Å². The third-order valence-electron chi connectivity index (χ3n) is 5.20. The van der Waals surface area contributed by atoms with Crippen molar-refractivity contribution < 1.29 is 14.7 Å². The van der Waals surface area contributed by atoms with E-state index in [0.717, 1.165) is 11.1 Å². The molecule has 22 heavy (non-hydrogen) atoms. The minimum atomic E-state index is -0.889. The van der Waals surface area contributed by atoms with E-state index in [2.05, 4.69) is 4.98 Å². The molecule has 2 atom stereocenters. The van der Waals surface area contributed by atoms with Crippen LogP contribution in [0.2, 0.25) is 0 Å². The van der Waals surface area contributed by atoms with Crippen molar-refractivity contribution in [2.24, 2.45) is 10.8 Å². The van der Waals surface area contributed by atoms with Gasteiger partial charge in [0.05, 0.1) is 0 Å². The van der Waals surface area contributed by atoms with E-state index in [1.807, 2.05) is 20.8 Å². The summed E-state index contributed by atoms with van der Waals surface area (Å²) in [7, 11) is 0. The average Bonchev–Trinajstić information content (AvgIpc) is 2.71. The van der Waals surface area contributed by atoms with Crippen LogP contribution in [0.1, 0.15) is 49.5 Å². The quantitative estimate of drug-likeness (QED) is 0.799. The summed E-state index contributed by atoms with van der Waals surface area (Å²) in [5.74, 6) is 0.171. The molecule has 2 aliphatic rings. The smallest absolute Gasteiger partial charge is 0.407 e. The summed E-state index contributed by atoms with van der Waals surface area (Å²) in [6, 6.07) is 1.65. The molecule has 5 nitrogen and oxygen atoms in total. The number of carbonyl (C=O) groups excluding carboxylic acids is 1. The molecule has 118 valence electrons. The molecule has 1 aromatic rings. The van der Waals surface area contributed by atoms with E-state index >= 15 is 0 Å². The number of pyridine rings is 1. The molecule has 0 saturated carbocycles. The third kappa shape index (κ3) is 2.19. The molecular formula is C17H22N2O3. The molecule has 2 heterocycles. The zero-order valence-electron chi connectivity index (χ0n) is 13.3. The molecule has 3 rings (SSSR count). The maximum Gasteiger partial charge on any atom is 0.407 e. The fourth-order valence-corrected chi connectivity index (χ4v) is 3.96. The zero-order valence-corrected chi connectivity index (χ0v) is 13.3. The number of rotatable bonds is 0. The second-order valence-electron chi connectivity index (χ2n) is 7.63. The predicted molar refractivity (Wildman–Crippen MR) is 81.9 cm³/mol. The van der Waals surface area contributed by atoms with Crippen LogP contribution in [0.3, 0.4) is 0 Å². The SMILES string of the molecule is CC(C)(C)C1CC2(CCN1C(=O)O)Cc1cnccc1C2=O. The van der Waals surface area contributed by atoms with Gasteiger partial charge in [0.1, 0.15) is 0 Å². The molecule has 1 aromatic heterocycles. The second kappa shape index (κ2) is 4.80. The van der Waals surface area contributed by atoms with Crippen LogP contribution in [0.5, 0.6) is 0 Å². The number of fused-ring (bicyclic) bond motifs is 1. The van der Waals surface area contributed by atoms with Crippen molar-refractivity contribution in [3.8, 4) is 0 Å². The van der Waals surface area contributed by atoms with Crippen LogP contribution in [0.4, 0.5) is 4.79 Å². The molecule has 1 saturated heterocycles. The van der Waals surface area contributed by atoms with Crippen LogP contribution < -0.4 is 0 Å². The van der Waals surface area contributed by atoms with E-state index in [0.29, 0.717) is 25.8 Å². The van der Waals surface area contributed by atoms with Gasteiger partial charge in [0, 0.05) is 36.0 Å². The zero-order chi connectivity index (χ0) is 16.1. The van der Waals surface area contributed by atoms with Gasteiger partial charge in [-0.1, -0.05) is 20.8 Å².